The van der Waals surface area contributed by atoms with Crippen molar-refractivity contribution in [2.45, 2.75) is 44.7 Å². The molecule has 5 rings (SSSR count). The van der Waals surface area contributed by atoms with E-state index in [-0.39, 0.29) is 5.92 Å². The molecule has 3 heterocycles. The Balaban J connectivity index is 1.49. The van der Waals surface area contributed by atoms with Crippen LogP contribution in [0.4, 0.5) is 0 Å². The van der Waals surface area contributed by atoms with Gasteiger partial charge in [-0.1, -0.05) is 24.6 Å². The number of piperidine rings is 1. The molecule has 126 valence electrons. The maximum Gasteiger partial charge on any atom is 0.227 e. The highest BCUT2D eigenvalue weighted by Gasteiger charge is 2.41. The van der Waals surface area contributed by atoms with Gasteiger partial charge in [0.2, 0.25) is 5.91 Å². The Kier molecular flexibility index (Phi) is 4.28. The first-order chi connectivity index (χ1) is 11.7. The van der Waals surface area contributed by atoms with E-state index in [0.29, 0.717) is 11.9 Å². The van der Waals surface area contributed by atoms with Crippen molar-refractivity contribution in [3.05, 3.63) is 35.4 Å². The lowest BCUT2D eigenvalue weighted by molar-refractivity contribution is -0.141. The van der Waals surface area contributed by atoms with Crippen molar-refractivity contribution in [3.8, 4) is 6.07 Å². The van der Waals surface area contributed by atoms with Gasteiger partial charge in [0.1, 0.15) is 0 Å². The third-order valence-electron chi connectivity index (χ3n) is 6.08. The Labute approximate surface area is 144 Å². The van der Waals surface area contributed by atoms with E-state index in [9.17, 15) is 10.1 Å². The van der Waals surface area contributed by atoms with Gasteiger partial charge in [-0.3, -0.25) is 9.69 Å². The zero-order chi connectivity index (χ0) is 16.5. The second-order valence-corrected chi connectivity index (χ2v) is 7.68. The number of hydrogen-bond acceptors (Lipinski definition) is 3. The van der Waals surface area contributed by atoms with E-state index >= 15 is 0 Å². The minimum atomic E-state index is 0.151. The van der Waals surface area contributed by atoms with Crippen molar-refractivity contribution in [2.75, 3.05) is 19.6 Å². The molecule has 4 heteroatoms. The standard InChI is InChI=1S/C20H25N3O/c21-10-16-6-1-2-7-17(16)12-22-13-18-8-9-19(14-22)23(20(18)24)11-15-4-3-5-15/h1-2,6-7,15,18-19H,3-5,8-9,11-14H2/t18-,19+/m1/s1. The Bertz CT molecular complexity index is 661. The monoisotopic (exact) mass is 323 g/mol. The largest absolute Gasteiger partial charge is 0.338 e. The second kappa shape index (κ2) is 6.57. The summed E-state index contributed by atoms with van der Waals surface area (Å²) < 4.78 is 0. The van der Waals surface area contributed by atoms with Crippen molar-refractivity contribution in [1.29, 1.82) is 5.26 Å². The van der Waals surface area contributed by atoms with Crippen molar-refractivity contribution in [1.82, 2.24) is 9.80 Å². The number of hydrogen-bond donors (Lipinski definition) is 0. The van der Waals surface area contributed by atoms with Gasteiger partial charge < -0.3 is 4.90 Å². The van der Waals surface area contributed by atoms with Crippen LogP contribution in [-0.4, -0.2) is 41.4 Å². The van der Waals surface area contributed by atoms with Crippen LogP contribution in [0, 0.1) is 23.2 Å². The summed E-state index contributed by atoms with van der Waals surface area (Å²) in [5, 5.41) is 9.31. The molecule has 0 spiro atoms. The van der Waals surface area contributed by atoms with Gasteiger partial charge in [-0.15, -0.1) is 0 Å². The molecule has 3 aliphatic heterocycles. The molecule has 1 aromatic carbocycles. The molecule has 4 aliphatic rings. The highest BCUT2D eigenvalue weighted by atomic mass is 16.2. The SMILES string of the molecule is N#Cc1ccccc1CN1C[C@H]2CC[C@@H](C1)N(CC1CCC1)C2=O. The minimum absolute atomic E-state index is 0.151. The zero-order valence-corrected chi connectivity index (χ0v) is 14.2. The number of carbonyl (C=O) groups excluding carboxylic acids is 1. The van der Waals surface area contributed by atoms with Crippen molar-refractivity contribution >= 4 is 5.91 Å². The normalized spacial score (nSPS) is 27.6. The highest BCUT2D eigenvalue weighted by Crippen LogP contribution is 2.34. The van der Waals surface area contributed by atoms with Gasteiger partial charge in [0.25, 0.3) is 0 Å². The lowest BCUT2D eigenvalue weighted by Crippen LogP contribution is -2.50. The number of rotatable bonds is 4. The molecular formula is C20H25N3O. The Morgan fingerprint density at radius 1 is 1.12 bits per heavy atom. The van der Waals surface area contributed by atoms with Crippen molar-refractivity contribution < 1.29 is 4.79 Å². The van der Waals surface area contributed by atoms with Crippen LogP contribution in [0.5, 0.6) is 0 Å². The summed E-state index contributed by atoms with van der Waals surface area (Å²) in [4.78, 5) is 17.5. The van der Waals surface area contributed by atoms with E-state index < -0.39 is 0 Å². The predicted molar refractivity (Wildman–Crippen MR) is 92.0 cm³/mol. The topological polar surface area (TPSA) is 47.3 Å². The smallest absolute Gasteiger partial charge is 0.227 e. The van der Waals surface area contributed by atoms with E-state index in [1.165, 1.54) is 19.3 Å². The Hall–Kier alpha value is -1.86. The van der Waals surface area contributed by atoms with Crippen molar-refractivity contribution in [3.63, 3.8) is 0 Å². The quantitative estimate of drug-likeness (QED) is 0.856. The van der Waals surface area contributed by atoms with Crippen LogP contribution in [0.25, 0.3) is 0 Å². The molecule has 0 N–H and O–H groups in total. The predicted octanol–water partition coefficient (Wildman–Crippen LogP) is 2.78. The molecule has 4 nitrogen and oxygen atoms in total. The first-order valence-electron chi connectivity index (χ1n) is 9.25. The van der Waals surface area contributed by atoms with Crippen LogP contribution in [-0.2, 0) is 11.3 Å². The second-order valence-electron chi connectivity index (χ2n) is 7.68. The summed E-state index contributed by atoms with van der Waals surface area (Å²) >= 11 is 0. The fraction of sp³-hybridized carbons (Fsp3) is 0.600. The number of carbonyl (C=O) groups is 1. The maximum absolute atomic E-state index is 12.9. The first kappa shape index (κ1) is 15.7. The lowest BCUT2D eigenvalue weighted by Gasteiger charge is -2.40. The number of amides is 1. The lowest BCUT2D eigenvalue weighted by atomic mass is 9.83. The molecule has 2 atom stereocenters. The van der Waals surface area contributed by atoms with E-state index in [1.54, 1.807) is 0 Å². The fourth-order valence-corrected chi connectivity index (χ4v) is 4.46. The average Bonchev–Trinajstić information content (AvgIpc) is 2.82. The minimum Gasteiger partial charge on any atom is -0.338 e. The summed E-state index contributed by atoms with van der Waals surface area (Å²) in [6.45, 7) is 3.55. The van der Waals surface area contributed by atoms with Gasteiger partial charge in [-0.25, -0.2) is 0 Å². The summed E-state index contributed by atoms with van der Waals surface area (Å²) in [7, 11) is 0. The molecule has 0 unspecified atom stereocenters. The van der Waals surface area contributed by atoms with E-state index in [4.69, 9.17) is 0 Å². The van der Waals surface area contributed by atoms with Crippen LogP contribution in [0.15, 0.2) is 24.3 Å². The number of nitrogens with zero attached hydrogens (tertiary/aromatic N) is 3. The summed E-state index contributed by atoms with van der Waals surface area (Å²) in [5.74, 6) is 1.27. The van der Waals surface area contributed by atoms with E-state index in [0.717, 1.165) is 56.1 Å². The average molecular weight is 323 g/mol. The number of fused-ring (bicyclic) bond motifs is 4. The van der Waals surface area contributed by atoms with Gasteiger partial charge in [0.15, 0.2) is 0 Å². The Morgan fingerprint density at radius 3 is 2.71 bits per heavy atom. The maximum atomic E-state index is 12.9. The third-order valence-corrected chi connectivity index (χ3v) is 6.08. The van der Waals surface area contributed by atoms with E-state index in [1.807, 2.05) is 24.3 Å². The van der Waals surface area contributed by atoms with Crippen LogP contribution < -0.4 is 0 Å². The third kappa shape index (κ3) is 2.93. The summed E-state index contributed by atoms with van der Waals surface area (Å²) in [6.07, 6.45) is 6.08. The molecule has 0 radical (unpaired) electrons. The number of nitriles is 1. The first-order valence-corrected chi connectivity index (χ1v) is 9.25. The van der Waals surface area contributed by atoms with Crippen molar-refractivity contribution in [2.24, 2.45) is 11.8 Å². The number of benzene rings is 1. The van der Waals surface area contributed by atoms with Gasteiger partial charge in [-0.05, 0) is 43.2 Å². The van der Waals surface area contributed by atoms with Crippen LogP contribution >= 0.6 is 0 Å². The molecule has 0 aromatic heterocycles. The van der Waals surface area contributed by atoms with Crippen LogP contribution in [0.2, 0.25) is 0 Å². The Morgan fingerprint density at radius 2 is 1.96 bits per heavy atom. The van der Waals surface area contributed by atoms with Gasteiger partial charge in [0, 0.05) is 32.2 Å². The molecule has 3 saturated heterocycles. The molecule has 2 bridgehead atoms. The molecular weight excluding hydrogens is 298 g/mol. The molecule has 1 aliphatic carbocycles. The summed E-state index contributed by atoms with van der Waals surface area (Å²) in [5.41, 5.74) is 1.84. The highest BCUT2D eigenvalue weighted by molar-refractivity contribution is 5.80. The molecule has 1 amide bonds. The summed E-state index contributed by atoms with van der Waals surface area (Å²) in [6, 6.07) is 10.5. The molecule has 1 aromatic rings. The fourth-order valence-electron chi connectivity index (χ4n) is 4.46. The van der Waals surface area contributed by atoms with Gasteiger partial charge in [-0.2, -0.15) is 5.26 Å². The van der Waals surface area contributed by atoms with Crippen LogP contribution in [0.1, 0.15) is 43.2 Å². The van der Waals surface area contributed by atoms with Gasteiger partial charge in [0.05, 0.1) is 17.6 Å². The van der Waals surface area contributed by atoms with E-state index in [2.05, 4.69) is 15.9 Å². The van der Waals surface area contributed by atoms with Crippen LogP contribution in [0.3, 0.4) is 0 Å². The molecule has 4 fully saturated rings. The molecule has 24 heavy (non-hydrogen) atoms. The zero-order valence-electron chi connectivity index (χ0n) is 14.2. The molecule has 1 saturated carbocycles. The van der Waals surface area contributed by atoms with Gasteiger partial charge >= 0.3 is 0 Å².